The van der Waals surface area contributed by atoms with E-state index in [4.69, 9.17) is 0 Å². The van der Waals surface area contributed by atoms with Crippen molar-refractivity contribution in [3.05, 3.63) is 33.4 Å². The van der Waals surface area contributed by atoms with Gasteiger partial charge in [0.15, 0.2) is 5.75 Å². The fourth-order valence-corrected chi connectivity index (χ4v) is 1.43. The van der Waals surface area contributed by atoms with Gasteiger partial charge in [-0.05, 0) is 26.6 Å². The maximum absolute atomic E-state index is 10.6. The van der Waals surface area contributed by atoms with Crippen LogP contribution in [0.4, 0.5) is 5.69 Å². The van der Waals surface area contributed by atoms with E-state index in [1.807, 2.05) is 19.0 Å². The Hall–Kier alpha value is -1.62. The predicted molar refractivity (Wildman–Crippen MR) is 56.9 cm³/mol. The summed E-state index contributed by atoms with van der Waals surface area (Å²) in [5, 5.41) is 20.3. The van der Waals surface area contributed by atoms with Gasteiger partial charge < -0.3 is 10.0 Å². The number of benzene rings is 1. The van der Waals surface area contributed by atoms with Gasteiger partial charge in [-0.25, -0.2) is 0 Å². The minimum absolute atomic E-state index is 0.230. The molecule has 0 aromatic heterocycles. The molecule has 1 N–H and O–H groups in total. The van der Waals surface area contributed by atoms with Gasteiger partial charge in [-0.3, -0.25) is 10.1 Å². The monoisotopic (exact) mass is 210 g/mol. The van der Waals surface area contributed by atoms with Crippen molar-refractivity contribution in [1.82, 2.24) is 4.90 Å². The second kappa shape index (κ2) is 4.27. The Bertz CT molecular complexity index is 388. The Morgan fingerprint density at radius 2 is 2.07 bits per heavy atom. The molecule has 0 saturated heterocycles. The number of phenols is 1. The molecule has 15 heavy (non-hydrogen) atoms. The molecule has 1 rings (SSSR count). The average molecular weight is 210 g/mol. The first kappa shape index (κ1) is 11.5. The average Bonchev–Trinajstić information content (AvgIpc) is 2.09. The Kier molecular flexibility index (Phi) is 3.26. The topological polar surface area (TPSA) is 66.6 Å². The molecule has 0 radical (unpaired) electrons. The summed E-state index contributed by atoms with van der Waals surface area (Å²) >= 11 is 0. The summed E-state index contributed by atoms with van der Waals surface area (Å²) in [7, 11) is 3.68. The summed E-state index contributed by atoms with van der Waals surface area (Å²) in [6, 6.07) is 3.12. The molecule has 0 saturated carbocycles. The minimum atomic E-state index is -0.568. The zero-order valence-corrected chi connectivity index (χ0v) is 9.02. The van der Waals surface area contributed by atoms with Crippen LogP contribution in [0.2, 0.25) is 0 Å². The molecule has 82 valence electrons. The van der Waals surface area contributed by atoms with Crippen molar-refractivity contribution < 1.29 is 10.0 Å². The molecule has 0 aliphatic rings. The van der Waals surface area contributed by atoms with Crippen molar-refractivity contribution in [3.63, 3.8) is 0 Å². The third-order valence-electron chi connectivity index (χ3n) is 2.00. The van der Waals surface area contributed by atoms with E-state index in [1.54, 1.807) is 13.0 Å². The van der Waals surface area contributed by atoms with E-state index in [9.17, 15) is 15.2 Å². The van der Waals surface area contributed by atoms with Crippen molar-refractivity contribution in [2.45, 2.75) is 13.5 Å². The van der Waals surface area contributed by atoms with E-state index in [1.165, 1.54) is 6.07 Å². The number of rotatable bonds is 3. The van der Waals surface area contributed by atoms with E-state index in [2.05, 4.69) is 0 Å². The molecule has 5 nitrogen and oxygen atoms in total. The molecule has 1 aromatic carbocycles. The van der Waals surface area contributed by atoms with E-state index >= 15 is 0 Å². The van der Waals surface area contributed by atoms with Crippen molar-refractivity contribution >= 4 is 5.69 Å². The number of hydrogen-bond acceptors (Lipinski definition) is 4. The fourth-order valence-electron chi connectivity index (χ4n) is 1.43. The molecule has 0 spiro atoms. The lowest BCUT2D eigenvalue weighted by molar-refractivity contribution is -0.386. The van der Waals surface area contributed by atoms with Gasteiger partial charge in [0.25, 0.3) is 0 Å². The molecule has 1 aromatic rings. The number of hydrogen-bond donors (Lipinski definition) is 1. The lowest BCUT2D eigenvalue weighted by Gasteiger charge is -2.11. The van der Waals surface area contributed by atoms with Gasteiger partial charge in [0.1, 0.15) is 0 Å². The lowest BCUT2D eigenvalue weighted by Crippen LogP contribution is -2.11. The molecule has 0 bridgehead atoms. The SMILES string of the molecule is Cc1cc(CN(C)C)c(O)c([N+](=O)[O-])c1. The van der Waals surface area contributed by atoms with Gasteiger partial charge in [0.2, 0.25) is 0 Å². The van der Waals surface area contributed by atoms with Crippen molar-refractivity contribution in [1.29, 1.82) is 0 Å². The Labute approximate surface area is 88.1 Å². The second-order valence-electron chi connectivity index (χ2n) is 3.79. The highest BCUT2D eigenvalue weighted by Gasteiger charge is 2.17. The molecule has 0 aliphatic carbocycles. The molecular formula is C10H14N2O3. The normalized spacial score (nSPS) is 10.7. The van der Waals surface area contributed by atoms with Crippen LogP contribution in [0.1, 0.15) is 11.1 Å². The van der Waals surface area contributed by atoms with Crippen molar-refractivity contribution in [2.24, 2.45) is 0 Å². The molecule has 0 heterocycles. The van der Waals surface area contributed by atoms with E-state index in [0.29, 0.717) is 12.1 Å². The first-order chi connectivity index (χ1) is 6.91. The van der Waals surface area contributed by atoms with Crippen LogP contribution >= 0.6 is 0 Å². The highest BCUT2D eigenvalue weighted by molar-refractivity contribution is 5.53. The number of nitro groups is 1. The van der Waals surface area contributed by atoms with Gasteiger partial charge in [-0.15, -0.1) is 0 Å². The minimum Gasteiger partial charge on any atom is -0.502 e. The molecular weight excluding hydrogens is 196 g/mol. The van der Waals surface area contributed by atoms with Crippen LogP contribution < -0.4 is 0 Å². The van der Waals surface area contributed by atoms with Crippen LogP contribution in [0, 0.1) is 17.0 Å². The van der Waals surface area contributed by atoms with Crippen LogP contribution in [-0.4, -0.2) is 29.0 Å². The van der Waals surface area contributed by atoms with Crippen LogP contribution in [0.3, 0.4) is 0 Å². The zero-order chi connectivity index (χ0) is 11.6. The van der Waals surface area contributed by atoms with Gasteiger partial charge in [0.05, 0.1) is 4.92 Å². The number of aromatic hydroxyl groups is 1. The Morgan fingerprint density at radius 1 is 1.47 bits per heavy atom. The highest BCUT2D eigenvalue weighted by Crippen LogP contribution is 2.31. The quantitative estimate of drug-likeness (QED) is 0.608. The third kappa shape index (κ3) is 2.66. The molecule has 5 heteroatoms. The molecule has 0 aliphatic heterocycles. The van der Waals surface area contributed by atoms with Crippen molar-refractivity contribution in [2.75, 3.05) is 14.1 Å². The summed E-state index contributed by atoms with van der Waals surface area (Å²) in [6.07, 6.45) is 0. The predicted octanol–water partition coefficient (Wildman–Crippen LogP) is 1.67. The van der Waals surface area contributed by atoms with Gasteiger partial charge in [-0.1, -0.05) is 6.07 Å². The molecule has 0 amide bonds. The van der Waals surface area contributed by atoms with Gasteiger partial charge in [0, 0.05) is 18.2 Å². The van der Waals surface area contributed by atoms with Crippen molar-refractivity contribution in [3.8, 4) is 5.75 Å². The van der Waals surface area contributed by atoms with Crippen LogP contribution in [0.5, 0.6) is 5.75 Å². The summed E-state index contributed by atoms with van der Waals surface area (Å²) in [5.74, 6) is -0.237. The van der Waals surface area contributed by atoms with Gasteiger partial charge in [-0.2, -0.15) is 0 Å². The Balaban J connectivity index is 3.22. The fraction of sp³-hybridized carbons (Fsp3) is 0.400. The maximum atomic E-state index is 10.6. The Morgan fingerprint density at radius 3 is 2.53 bits per heavy atom. The smallest absolute Gasteiger partial charge is 0.311 e. The number of aryl methyl sites for hydroxylation is 1. The van der Waals surface area contributed by atoms with E-state index < -0.39 is 4.92 Å². The highest BCUT2D eigenvalue weighted by atomic mass is 16.6. The number of phenolic OH excluding ortho intramolecular Hbond substituents is 1. The molecule has 0 fully saturated rings. The number of nitrogens with zero attached hydrogens (tertiary/aromatic N) is 2. The molecule has 0 atom stereocenters. The van der Waals surface area contributed by atoms with Crippen LogP contribution in [0.25, 0.3) is 0 Å². The lowest BCUT2D eigenvalue weighted by atomic mass is 10.1. The van der Waals surface area contributed by atoms with E-state index in [0.717, 1.165) is 5.56 Å². The van der Waals surface area contributed by atoms with Gasteiger partial charge >= 0.3 is 5.69 Å². The summed E-state index contributed by atoms with van der Waals surface area (Å²) < 4.78 is 0. The summed E-state index contributed by atoms with van der Waals surface area (Å²) in [5.41, 5.74) is 1.12. The van der Waals surface area contributed by atoms with Crippen LogP contribution in [0.15, 0.2) is 12.1 Å². The van der Waals surface area contributed by atoms with E-state index in [-0.39, 0.29) is 11.4 Å². The largest absolute Gasteiger partial charge is 0.502 e. The van der Waals surface area contributed by atoms with Crippen LogP contribution in [-0.2, 0) is 6.54 Å². The summed E-state index contributed by atoms with van der Waals surface area (Å²) in [6.45, 7) is 2.25. The maximum Gasteiger partial charge on any atom is 0.311 e. The first-order valence-electron chi connectivity index (χ1n) is 4.53. The number of nitro benzene ring substituents is 1. The summed E-state index contributed by atoms with van der Waals surface area (Å²) in [4.78, 5) is 11.9. The third-order valence-corrected chi connectivity index (χ3v) is 2.00. The second-order valence-corrected chi connectivity index (χ2v) is 3.79. The first-order valence-corrected chi connectivity index (χ1v) is 4.53. The molecule has 0 unspecified atom stereocenters. The standard InChI is InChI=1S/C10H14N2O3/c1-7-4-8(6-11(2)3)10(13)9(5-7)12(14)15/h4-5,13H,6H2,1-3H3. The zero-order valence-electron chi connectivity index (χ0n) is 9.02.